The molecule has 2 amide bonds. The van der Waals surface area contributed by atoms with Crippen molar-refractivity contribution in [1.29, 1.82) is 0 Å². The van der Waals surface area contributed by atoms with Crippen molar-refractivity contribution in [2.24, 2.45) is 0 Å². The molecule has 3 aliphatic heterocycles. The lowest BCUT2D eigenvalue weighted by Gasteiger charge is -2.35. The number of imide groups is 1. The molecule has 7 nitrogen and oxygen atoms in total. The highest BCUT2D eigenvalue weighted by atomic mass is 32.1. The summed E-state index contributed by atoms with van der Waals surface area (Å²) in [5.41, 5.74) is 3.55. The number of carbonyl (C=O) groups is 2. The lowest BCUT2D eigenvalue weighted by molar-refractivity contribution is -0.137. The van der Waals surface area contributed by atoms with Crippen LogP contribution in [0.25, 0.3) is 0 Å². The van der Waals surface area contributed by atoms with Crippen LogP contribution in [0.4, 0.5) is 10.2 Å². The lowest BCUT2D eigenvalue weighted by Crippen LogP contribution is -2.51. The highest BCUT2D eigenvalue weighted by molar-refractivity contribution is 7.80. The zero-order valence-electron chi connectivity index (χ0n) is 17.7. The van der Waals surface area contributed by atoms with Gasteiger partial charge in [-0.2, -0.15) is 17.0 Å². The minimum absolute atomic E-state index is 0.148. The molecular formula is C23H26FN5O2S. The molecule has 168 valence electrons. The second-order valence-electron chi connectivity index (χ2n) is 8.63. The molecule has 2 saturated heterocycles. The summed E-state index contributed by atoms with van der Waals surface area (Å²) >= 11 is 4.77. The summed E-state index contributed by atoms with van der Waals surface area (Å²) in [6, 6.07) is 11.0. The first kappa shape index (κ1) is 21.4. The van der Waals surface area contributed by atoms with Crippen LogP contribution in [0.3, 0.4) is 0 Å². The number of anilines is 1. The molecule has 1 aromatic carbocycles. The number of aromatic nitrogens is 1. The van der Waals surface area contributed by atoms with E-state index in [-0.39, 0.29) is 23.2 Å². The Morgan fingerprint density at radius 2 is 1.94 bits per heavy atom. The maximum Gasteiger partial charge on any atom is 0.243 e. The van der Waals surface area contributed by atoms with Crippen LogP contribution in [-0.4, -0.2) is 58.8 Å². The van der Waals surface area contributed by atoms with Gasteiger partial charge in [-0.05, 0) is 35.2 Å². The summed E-state index contributed by atoms with van der Waals surface area (Å²) in [6.07, 6.45) is 0.902. The van der Waals surface area contributed by atoms with Crippen molar-refractivity contribution in [2.75, 3.05) is 31.1 Å². The van der Waals surface area contributed by atoms with Gasteiger partial charge in [0, 0.05) is 45.7 Å². The zero-order valence-corrected chi connectivity index (χ0v) is 18.6. The summed E-state index contributed by atoms with van der Waals surface area (Å²) < 4.78 is 13.4. The number of halogens is 1. The second kappa shape index (κ2) is 8.80. The number of piperazine rings is 1. The first-order valence-corrected chi connectivity index (χ1v) is 11.5. The van der Waals surface area contributed by atoms with E-state index in [0.29, 0.717) is 25.2 Å². The Bertz CT molecular complexity index is 1040. The monoisotopic (exact) mass is 455 g/mol. The highest BCUT2D eigenvalue weighted by Gasteiger charge is 2.39. The van der Waals surface area contributed by atoms with Gasteiger partial charge in [-0.1, -0.05) is 24.3 Å². The van der Waals surface area contributed by atoms with Crippen molar-refractivity contribution in [1.82, 2.24) is 20.1 Å². The molecule has 2 atom stereocenters. The number of nitrogens with one attached hydrogen (secondary N) is 1. The molecule has 2 unspecified atom stereocenters. The highest BCUT2D eigenvalue weighted by Crippen LogP contribution is 2.39. The Labute approximate surface area is 192 Å². The molecule has 0 radical (unpaired) electrons. The van der Waals surface area contributed by atoms with E-state index >= 15 is 0 Å². The summed E-state index contributed by atoms with van der Waals surface area (Å²) in [4.78, 5) is 34.4. The average molecular weight is 456 g/mol. The van der Waals surface area contributed by atoms with Gasteiger partial charge in [0.15, 0.2) is 0 Å². The number of benzene rings is 1. The van der Waals surface area contributed by atoms with Gasteiger partial charge in [-0.15, -0.1) is 0 Å². The van der Waals surface area contributed by atoms with Crippen LogP contribution in [0.2, 0.25) is 0 Å². The summed E-state index contributed by atoms with van der Waals surface area (Å²) in [6.45, 7) is 4.88. The molecule has 0 spiro atoms. The number of thiol groups is 1. The van der Waals surface area contributed by atoms with E-state index in [1.54, 1.807) is 6.07 Å². The van der Waals surface area contributed by atoms with Crippen molar-refractivity contribution >= 4 is 30.3 Å². The predicted octanol–water partition coefficient (Wildman–Crippen LogP) is 2.09. The van der Waals surface area contributed by atoms with Gasteiger partial charge in [0.05, 0.1) is 11.4 Å². The van der Waals surface area contributed by atoms with Gasteiger partial charge >= 0.3 is 0 Å². The number of nitrogens with zero attached hydrogens (tertiary/aromatic N) is 4. The Morgan fingerprint density at radius 1 is 1.12 bits per heavy atom. The third kappa shape index (κ3) is 4.24. The number of pyridine rings is 1. The molecule has 2 fully saturated rings. The third-order valence-corrected chi connectivity index (χ3v) is 7.14. The Hall–Kier alpha value is -2.49. The first-order chi connectivity index (χ1) is 15.5. The normalized spacial score (nSPS) is 24.5. The summed E-state index contributed by atoms with van der Waals surface area (Å²) in [5, 5.41) is 2.30. The fourth-order valence-corrected chi connectivity index (χ4v) is 5.35. The SMILES string of the molecule is O=C1CCC(N2Cc3cc(CN4CCN(c5cccc(F)n5)CC4)ccc3C2S)C(=O)N1. The molecule has 32 heavy (non-hydrogen) atoms. The molecule has 0 saturated carbocycles. The Morgan fingerprint density at radius 3 is 2.69 bits per heavy atom. The van der Waals surface area contributed by atoms with Gasteiger partial charge < -0.3 is 4.90 Å². The maximum atomic E-state index is 13.4. The van der Waals surface area contributed by atoms with Gasteiger partial charge in [0.25, 0.3) is 0 Å². The topological polar surface area (TPSA) is 68.8 Å². The lowest BCUT2D eigenvalue weighted by atomic mass is 10.0. The van der Waals surface area contributed by atoms with Crippen LogP contribution in [0.5, 0.6) is 0 Å². The van der Waals surface area contributed by atoms with E-state index in [1.165, 1.54) is 17.2 Å². The molecule has 2 aromatic rings. The van der Waals surface area contributed by atoms with E-state index in [0.717, 1.165) is 38.3 Å². The molecule has 5 rings (SSSR count). The van der Waals surface area contributed by atoms with E-state index in [1.807, 2.05) is 6.07 Å². The van der Waals surface area contributed by atoms with E-state index in [4.69, 9.17) is 12.6 Å². The fourth-order valence-electron chi connectivity index (χ4n) is 4.85. The number of rotatable bonds is 4. The quantitative estimate of drug-likeness (QED) is 0.418. The zero-order chi connectivity index (χ0) is 22.2. The molecule has 3 aliphatic rings. The Balaban J connectivity index is 1.21. The smallest absolute Gasteiger partial charge is 0.243 e. The number of hydrogen-bond donors (Lipinski definition) is 2. The van der Waals surface area contributed by atoms with E-state index < -0.39 is 5.95 Å². The molecular weight excluding hydrogens is 429 g/mol. The predicted molar refractivity (Wildman–Crippen MR) is 122 cm³/mol. The number of piperidine rings is 1. The number of carbonyl (C=O) groups excluding carboxylic acids is 2. The van der Waals surface area contributed by atoms with Crippen molar-refractivity contribution in [3.63, 3.8) is 0 Å². The number of hydrogen-bond acceptors (Lipinski definition) is 7. The van der Waals surface area contributed by atoms with Crippen LogP contribution >= 0.6 is 12.6 Å². The van der Waals surface area contributed by atoms with Crippen LogP contribution < -0.4 is 10.2 Å². The Kier molecular flexibility index (Phi) is 5.88. The van der Waals surface area contributed by atoms with Gasteiger partial charge in [-0.25, -0.2) is 4.98 Å². The largest absolute Gasteiger partial charge is 0.354 e. The van der Waals surface area contributed by atoms with Gasteiger partial charge in [0.2, 0.25) is 17.8 Å². The van der Waals surface area contributed by atoms with Gasteiger partial charge in [-0.3, -0.25) is 24.7 Å². The van der Waals surface area contributed by atoms with Crippen molar-refractivity contribution < 1.29 is 14.0 Å². The van der Waals surface area contributed by atoms with E-state index in [2.05, 4.69) is 43.2 Å². The molecule has 9 heteroatoms. The molecule has 1 N–H and O–H groups in total. The molecule has 0 aliphatic carbocycles. The number of amides is 2. The summed E-state index contributed by atoms with van der Waals surface area (Å²) in [5.74, 6) is -0.180. The third-order valence-electron chi connectivity index (χ3n) is 6.57. The maximum absolute atomic E-state index is 13.4. The van der Waals surface area contributed by atoms with Gasteiger partial charge in [0.1, 0.15) is 5.82 Å². The van der Waals surface area contributed by atoms with Crippen molar-refractivity contribution in [2.45, 2.75) is 37.3 Å². The van der Waals surface area contributed by atoms with Crippen LogP contribution in [0, 0.1) is 5.95 Å². The summed E-state index contributed by atoms with van der Waals surface area (Å²) in [7, 11) is 0. The van der Waals surface area contributed by atoms with Crippen molar-refractivity contribution in [3.05, 3.63) is 59.0 Å². The van der Waals surface area contributed by atoms with Crippen molar-refractivity contribution in [3.8, 4) is 0 Å². The molecule has 1 aromatic heterocycles. The minimum atomic E-state index is -0.447. The van der Waals surface area contributed by atoms with Crippen LogP contribution in [0.15, 0.2) is 36.4 Å². The first-order valence-electron chi connectivity index (χ1n) is 11.0. The molecule has 0 bridgehead atoms. The van der Waals surface area contributed by atoms with Crippen LogP contribution in [0.1, 0.15) is 34.9 Å². The molecule has 4 heterocycles. The van der Waals surface area contributed by atoms with Crippen LogP contribution in [-0.2, 0) is 22.7 Å². The minimum Gasteiger partial charge on any atom is -0.354 e. The average Bonchev–Trinajstić information content (AvgIpc) is 3.10. The second-order valence-corrected chi connectivity index (χ2v) is 9.12. The number of fused-ring (bicyclic) bond motifs is 1. The fraction of sp³-hybridized carbons (Fsp3) is 0.435. The standard InChI is InChI=1S/C23H26FN5O2S/c24-19-2-1-3-20(25-19)28-10-8-27(9-11-28)13-15-4-5-17-16(12-15)14-29(23(17)32)18-6-7-21(30)26-22(18)31/h1-5,12,18,23,32H,6-11,13-14H2,(H,26,30,31). The van der Waals surface area contributed by atoms with E-state index in [9.17, 15) is 14.0 Å².